The van der Waals surface area contributed by atoms with E-state index in [1.165, 1.54) is 0 Å². The monoisotopic (exact) mass is 414 g/mol. The number of hydrogen-bond donors (Lipinski definition) is 4. The molecule has 4 N–H and O–H groups in total. The van der Waals surface area contributed by atoms with E-state index in [1.54, 1.807) is 29.6 Å². The van der Waals surface area contributed by atoms with Crippen LogP contribution in [0.5, 0.6) is 0 Å². The van der Waals surface area contributed by atoms with Crippen LogP contribution in [0.25, 0.3) is 11.0 Å². The summed E-state index contributed by atoms with van der Waals surface area (Å²) in [4.78, 5) is 31.0. The maximum Gasteiger partial charge on any atom is 0.258 e. The van der Waals surface area contributed by atoms with E-state index in [9.17, 15) is 36.6 Å². The number of anilines is 1. The zero-order valence-corrected chi connectivity index (χ0v) is 14.2. The number of amides is 2. The highest BCUT2D eigenvalue weighted by Gasteiger charge is 2.31. The van der Waals surface area contributed by atoms with Crippen molar-refractivity contribution in [2.45, 2.75) is 6.04 Å². The maximum atomic E-state index is 13.7. The number of aromatic nitrogens is 2. The molecule has 0 saturated heterocycles. The van der Waals surface area contributed by atoms with E-state index in [2.05, 4.69) is 15.3 Å². The molecule has 1 heterocycles. The minimum atomic E-state index is -2.43. The zero-order valence-electron chi connectivity index (χ0n) is 14.2. The van der Waals surface area contributed by atoms with Crippen LogP contribution in [-0.2, 0) is 4.79 Å². The van der Waals surface area contributed by atoms with Gasteiger partial charge < -0.3 is 15.4 Å². The number of fused-ring (bicyclic) bond motifs is 1. The van der Waals surface area contributed by atoms with Gasteiger partial charge in [-0.1, -0.05) is 12.1 Å². The number of carbonyl (C=O) groups excluding carboxylic acids is 2. The summed E-state index contributed by atoms with van der Waals surface area (Å²) in [6, 6.07) is 4.91. The van der Waals surface area contributed by atoms with E-state index in [0.717, 1.165) is 0 Å². The van der Waals surface area contributed by atoms with Crippen molar-refractivity contribution in [1.82, 2.24) is 15.3 Å². The lowest BCUT2D eigenvalue weighted by Crippen LogP contribution is -2.47. The van der Waals surface area contributed by atoms with Crippen LogP contribution in [0.1, 0.15) is 10.4 Å². The van der Waals surface area contributed by atoms with E-state index in [-0.39, 0.29) is 5.95 Å². The quantitative estimate of drug-likeness (QED) is 0.291. The van der Waals surface area contributed by atoms with E-state index >= 15 is 0 Å². The number of nitrogens with one attached hydrogen (secondary N) is 3. The van der Waals surface area contributed by atoms with Crippen molar-refractivity contribution in [2.24, 2.45) is 0 Å². The molecule has 3 aromatic rings. The highest BCUT2D eigenvalue weighted by atomic mass is 19.2. The van der Waals surface area contributed by atoms with Gasteiger partial charge in [0.05, 0.1) is 17.6 Å². The molecule has 0 saturated carbocycles. The highest BCUT2D eigenvalue weighted by Crippen LogP contribution is 2.23. The van der Waals surface area contributed by atoms with Crippen LogP contribution in [0.2, 0.25) is 0 Å². The summed E-state index contributed by atoms with van der Waals surface area (Å²) < 4.78 is 67.0. The predicted molar refractivity (Wildman–Crippen MR) is 89.3 cm³/mol. The van der Waals surface area contributed by atoms with E-state index in [1.807, 2.05) is 0 Å². The first-order valence-electron chi connectivity index (χ1n) is 7.93. The third kappa shape index (κ3) is 3.74. The standard InChI is InChI=1S/C17H11F5N4O3/c18-10-9(11(19)13(21)14(22)12(10)20)16(29)23-8(5-27)15(28)26-17-24-6-3-1-2-4-7(6)25-17/h1-4,8,27H,5H2,(H,23,29)(H2,24,25,26,28)/t8-/m0/s1. The summed E-state index contributed by atoms with van der Waals surface area (Å²) in [6.07, 6.45) is 0. The molecule has 0 bridgehead atoms. The van der Waals surface area contributed by atoms with Crippen LogP contribution < -0.4 is 10.6 Å². The number of aliphatic hydroxyl groups excluding tert-OH is 1. The molecule has 12 heteroatoms. The fourth-order valence-corrected chi connectivity index (χ4v) is 2.44. The minimum Gasteiger partial charge on any atom is -0.394 e. The molecule has 3 rings (SSSR count). The minimum absolute atomic E-state index is 0.0554. The molecule has 0 radical (unpaired) electrons. The Morgan fingerprint density at radius 1 is 1.00 bits per heavy atom. The molecule has 0 aliphatic rings. The van der Waals surface area contributed by atoms with Crippen LogP contribution in [-0.4, -0.2) is 39.5 Å². The first-order valence-corrected chi connectivity index (χ1v) is 7.93. The van der Waals surface area contributed by atoms with Gasteiger partial charge in [0.15, 0.2) is 23.3 Å². The van der Waals surface area contributed by atoms with E-state index in [4.69, 9.17) is 0 Å². The van der Waals surface area contributed by atoms with Crippen molar-refractivity contribution < 1.29 is 36.6 Å². The number of benzene rings is 2. The van der Waals surface area contributed by atoms with Crippen LogP contribution in [0.3, 0.4) is 0 Å². The van der Waals surface area contributed by atoms with Crippen molar-refractivity contribution in [2.75, 3.05) is 11.9 Å². The third-order valence-corrected chi connectivity index (χ3v) is 3.87. The van der Waals surface area contributed by atoms with Crippen LogP contribution in [0, 0.1) is 29.1 Å². The lowest BCUT2D eigenvalue weighted by molar-refractivity contribution is -0.118. The fraction of sp³-hybridized carbons (Fsp3) is 0.118. The first-order chi connectivity index (χ1) is 13.7. The number of para-hydroxylation sites is 2. The number of carbonyl (C=O) groups is 2. The molecule has 2 aromatic carbocycles. The molecule has 2 amide bonds. The van der Waals surface area contributed by atoms with Crippen molar-refractivity contribution in [1.29, 1.82) is 0 Å². The summed E-state index contributed by atoms with van der Waals surface area (Å²) in [7, 11) is 0. The summed E-state index contributed by atoms with van der Waals surface area (Å²) in [5, 5.41) is 13.2. The van der Waals surface area contributed by atoms with Gasteiger partial charge in [0.1, 0.15) is 11.6 Å². The number of aliphatic hydroxyl groups is 1. The van der Waals surface area contributed by atoms with Gasteiger partial charge in [-0.05, 0) is 12.1 Å². The van der Waals surface area contributed by atoms with E-state index in [0.29, 0.717) is 11.0 Å². The smallest absolute Gasteiger partial charge is 0.258 e. The Balaban J connectivity index is 1.80. The SMILES string of the molecule is O=C(N[C@@H](CO)C(=O)Nc1nc2ccccc2[nH]1)c1c(F)c(F)c(F)c(F)c1F. The largest absolute Gasteiger partial charge is 0.394 e. The maximum absolute atomic E-state index is 13.7. The van der Waals surface area contributed by atoms with Crippen molar-refractivity contribution in [3.63, 3.8) is 0 Å². The number of hydrogen-bond acceptors (Lipinski definition) is 4. The fourth-order valence-electron chi connectivity index (χ4n) is 2.44. The summed E-state index contributed by atoms with van der Waals surface area (Å²) in [6.45, 7) is -1.03. The molecular weight excluding hydrogens is 403 g/mol. The number of imidazole rings is 1. The first kappa shape index (κ1) is 20.2. The molecule has 152 valence electrons. The number of nitrogens with zero attached hydrogens (tertiary/aromatic N) is 1. The second kappa shape index (κ2) is 7.83. The van der Waals surface area contributed by atoms with Crippen molar-refractivity contribution in [3.8, 4) is 0 Å². The highest BCUT2D eigenvalue weighted by molar-refractivity contribution is 6.01. The average molecular weight is 414 g/mol. The predicted octanol–water partition coefficient (Wildman–Crippen LogP) is 1.99. The van der Waals surface area contributed by atoms with E-state index < -0.39 is 59.1 Å². The molecular formula is C17H11F5N4O3. The second-order valence-electron chi connectivity index (χ2n) is 5.75. The Kier molecular flexibility index (Phi) is 5.46. The molecule has 0 aliphatic heterocycles. The Morgan fingerprint density at radius 2 is 1.59 bits per heavy atom. The third-order valence-electron chi connectivity index (χ3n) is 3.87. The van der Waals surface area contributed by atoms with Crippen LogP contribution in [0.15, 0.2) is 24.3 Å². The normalized spacial score (nSPS) is 12.1. The Morgan fingerprint density at radius 3 is 2.17 bits per heavy atom. The number of aromatic amines is 1. The van der Waals surface area contributed by atoms with Gasteiger partial charge in [-0.15, -0.1) is 0 Å². The number of H-pyrrole nitrogens is 1. The summed E-state index contributed by atoms with van der Waals surface area (Å²) in [5.74, 6) is -14.7. The summed E-state index contributed by atoms with van der Waals surface area (Å²) in [5.41, 5.74) is -0.723. The van der Waals surface area contributed by atoms with Gasteiger partial charge in [0.2, 0.25) is 11.8 Å². The molecule has 0 fully saturated rings. The van der Waals surface area contributed by atoms with Gasteiger partial charge in [-0.3, -0.25) is 14.9 Å². The van der Waals surface area contributed by atoms with Crippen molar-refractivity contribution in [3.05, 3.63) is 58.9 Å². The van der Waals surface area contributed by atoms with Gasteiger partial charge in [-0.2, -0.15) is 0 Å². The molecule has 7 nitrogen and oxygen atoms in total. The molecule has 0 spiro atoms. The van der Waals surface area contributed by atoms with Gasteiger partial charge in [-0.25, -0.2) is 26.9 Å². The Bertz CT molecular complexity index is 1060. The molecule has 29 heavy (non-hydrogen) atoms. The van der Waals surface area contributed by atoms with Gasteiger partial charge >= 0.3 is 0 Å². The molecule has 0 aliphatic carbocycles. The van der Waals surface area contributed by atoms with Gasteiger partial charge in [0, 0.05) is 0 Å². The number of rotatable bonds is 5. The topological polar surface area (TPSA) is 107 Å². The van der Waals surface area contributed by atoms with Crippen LogP contribution in [0.4, 0.5) is 27.9 Å². The van der Waals surface area contributed by atoms with Crippen LogP contribution >= 0.6 is 0 Å². The lowest BCUT2D eigenvalue weighted by atomic mass is 10.1. The lowest BCUT2D eigenvalue weighted by Gasteiger charge is -2.16. The second-order valence-corrected chi connectivity index (χ2v) is 5.75. The average Bonchev–Trinajstić information content (AvgIpc) is 3.11. The molecule has 1 aromatic heterocycles. The zero-order chi connectivity index (χ0) is 21.3. The Labute approximate surface area is 158 Å². The van der Waals surface area contributed by atoms with Gasteiger partial charge in [0.25, 0.3) is 11.8 Å². The summed E-state index contributed by atoms with van der Waals surface area (Å²) >= 11 is 0. The molecule has 1 atom stereocenters. The Hall–Kier alpha value is -3.54. The molecule has 0 unspecified atom stereocenters. The number of halogens is 5. The van der Waals surface area contributed by atoms with Crippen molar-refractivity contribution >= 4 is 28.8 Å².